The highest BCUT2D eigenvalue weighted by Crippen LogP contribution is 2.29. The summed E-state index contributed by atoms with van der Waals surface area (Å²) in [6.45, 7) is 5.92. The van der Waals surface area contributed by atoms with Gasteiger partial charge in [-0.05, 0) is 65.1 Å². The molecule has 0 spiro atoms. The van der Waals surface area contributed by atoms with Crippen LogP contribution in [0.4, 0.5) is 20.7 Å². The zero-order valence-electron chi connectivity index (χ0n) is 21.5. The van der Waals surface area contributed by atoms with Gasteiger partial charge >= 0.3 is 0 Å². The predicted molar refractivity (Wildman–Crippen MR) is 139 cm³/mol. The normalized spacial score (nSPS) is 17.3. The third-order valence-corrected chi connectivity index (χ3v) is 6.89. The molecule has 0 aliphatic carbocycles. The van der Waals surface area contributed by atoms with Crippen LogP contribution < -0.4 is 15.1 Å². The highest BCUT2D eigenvalue weighted by Gasteiger charge is 2.28. The number of rotatable bonds is 9. The minimum atomic E-state index is -2.78. The first-order valence-corrected chi connectivity index (χ1v) is 13.0. The molecule has 3 aromatic rings. The number of hydrogen-bond donors (Lipinski definition) is 1. The van der Waals surface area contributed by atoms with Crippen molar-refractivity contribution < 1.29 is 13.5 Å². The Hall–Kier alpha value is -2.96. The largest absolute Gasteiger partial charge is 0.378 e. The summed E-state index contributed by atoms with van der Waals surface area (Å²) in [5.41, 5.74) is 1.03. The third-order valence-electron chi connectivity index (χ3n) is 6.89. The number of fused-ring (bicyclic) bond motifs is 1. The van der Waals surface area contributed by atoms with Gasteiger partial charge in [0, 0.05) is 25.7 Å². The lowest BCUT2D eigenvalue weighted by atomic mass is 10.0. The van der Waals surface area contributed by atoms with Crippen molar-refractivity contribution in [2.24, 2.45) is 0 Å². The van der Waals surface area contributed by atoms with Gasteiger partial charge in [0.15, 0.2) is 5.82 Å². The highest BCUT2D eigenvalue weighted by molar-refractivity contribution is 5.77. The molecule has 2 aliphatic rings. The number of anilines is 2. The minimum Gasteiger partial charge on any atom is -0.378 e. The molecule has 0 unspecified atom stereocenters. The molecular formula is C25H35F2N9O. The predicted octanol–water partition coefficient (Wildman–Crippen LogP) is 2.49. The third kappa shape index (κ3) is 5.81. The Morgan fingerprint density at radius 1 is 1.00 bits per heavy atom. The number of aromatic nitrogens is 5. The van der Waals surface area contributed by atoms with E-state index in [1.165, 1.54) is 4.57 Å². The molecule has 0 atom stereocenters. The lowest BCUT2D eigenvalue weighted by Gasteiger charge is -2.36. The van der Waals surface area contributed by atoms with Crippen LogP contribution in [0.3, 0.4) is 0 Å². The fraction of sp³-hybridized carbons (Fsp3) is 0.600. The number of morpholine rings is 1. The van der Waals surface area contributed by atoms with Gasteiger partial charge in [-0.25, -0.2) is 13.8 Å². The first-order chi connectivity index (χ1) is 18.0. The smallest absolute Gasteiger partial charge is 0.296 e. The van der Waals surface area contributed by atoms with Crippen molar-refractivity contribution in [3.05, 3.63) is 30.1 Å². The van der Waals surface area contributed by atoms with Crippen LogP contribution in [0.25, 0.3) is 17.0 Å². The van der Waals surface area contributed by atoms with E-state index in [0.717, 1.165) is 45.4 Å². The minimum absolute atomic E-state index is 0.169. The van der Waals surface area contributed by atoms with Gasteiger partial charge in [-0.15, -0.1) is 0 Å². The lowest BCUT2D eigenvalue weighted by Crippen LogP contribution is -2.45. The Labute approximate surface area is 215 Å². The van der Waals surface area contributed by atoms with Gasteiger partial charge in [-0.3, -0.25) is 4.57 Å². The van der Waals surface area contributed by atoms with Crippen molar-refractivity contribution >= 4 is 22.9 Å². The summed E-state index contributed by atoms with van der Waals surface area (Å²) < 4.78 is 35.3. The molecule has 2 aromatic heterocycles. The molecule has 1 N–H and O–H groups in total. The summed E-state index contributed by atoms with van der Waals surface area (Å²) in [5.74, 6) is 0.803. The van der Waals surface area contributed by atoms with E-state index >= 15 is 0 Å². The van der Waals surface area contributed by atoms with E-state index in [1.54, 1.807) is 18.2 Å². The lowest BCUT2D eigenvalue weighted by molar-refractivity contribution is 0.122. The Kier molecular flexibility index (Phi) is 8.06. The van der Waals surface area contributed by atoms with Crippen molar-refractivity contribution in [3.63, 3.8) is 0 Å². The first-order valence-electron chi connectivity index (χ1n) is 13.0. The fourth-order valence-electron chi connectivity index (χ4n) is 5.00. The molecule has 4 heterocycles. The molecule has 5 rings (SSSR count). The number of benzene rings is 1. The number of piperidine rings is 1. The standard InChI is InChI=1S/C25H35F2N9O/c1-33(2)12-5-13-35(18-8-10-28-11-9-18)24-30-23(34-14-16-37-17-15-34)31-25(32-24)36-20-7-4-3-6-19(20)29-22(36)21(26)27/h3-4,6-7,18,21,28H,5,8-17H2,1-2H3. The van der Waals surface area contributed by atoms with E-state index in [0.29, 0.717) is 49.2 Å². The quantitative estimate of drug-likeness (QED) is 0.462. The Morgan fingerprint density at radius 3 is 2.46 bits per heavy atom. The first kappa shape index (κ1) is 25.7. The van der Waals surface area contributed by atoms with E-state index in [9.17, 15) is 8.78 Å². The second-order valence-electron chi connectivity index (χ2n) is 9.76. The Bertz CT molecular complexity index is 1180. The second kappa shape index (κ2) is 11.6. The van der Waals surface area contributed by atoms with E-state index in [2.05, 4.69) is 34.2 Å². The number of alkyl halides is 2. The molecule has 0 bridgehead atoms. The Morgan fingerprint density at radius 2 is 1.73 bits per heavy atom. The highest BCUT2D eigenvalue weighted by atomic mass is 19.3. The molecule has 2 aliphatic heterocycles. The SMILES string of the molecule is CN(C)CCCN(c1nc(N2CCOCC2)nc(-n2c(C(F)F)nc3ccccc32)n1)C1CCNCC1. The molecule has 12 heteroatoms. The molecule has 2 fully saturated rings. The average molecular weight is 516 g/mol. The van der Waals surface area contributed by atoms with Crippen molar-refractivity contribution in [1.82, 2.24) is 34.7 Å². The molecule has 0 amide bonds. The number of nitrogens with zero attached hydrogens (tertiary/aromatic N) is 8. The summed E-state index contributed by atoms with van der Waals surface area (Å²) in [6, 6.07) is 7.35. The van der Waals surface area contributed by atoms with Crippen molar-refractivity contribution in [1.29, 1.82) is 0 Å². The number of para-hydroxylation sites is 2. The number of ether oxygens (including phenoxy) is 1. The molecule has 200 valence electrons. The van der Waals surface area contributed by atoms with Crippen LogP contribution in [0.15, 0.2) is 24.3 Å². The van der Waals surface area contributed by atoms with Gasteiger partial charge in [0.05, 0.1) is 24.2 Å². The maximum Gasteiger partial charge on any atom is 0.296 e. The van der Waals surface area contributed by atoms with E-state index in [1.807, 2.05) is 11.0 Å². The molecule has 0 radical (unpaired) electrons. The van der Waals surface area contributed by atoms with Crippen LogP contribution in [0.2, 0.25) is 0 Å². The van der Waals surface area contributed by atoms with Crippen LogP contribution in [0, 0.1) is 0 Å². The average Bonchev–Trinajstić information content (AvgIpc) is 3.32. The van der Waals surface area contributed by atoms with Crippen LogP contribution in [-0.2, 0) is 4.74 Å². The van der Waals surface area contributed by atoms with Gasteiger partial charge in [-0.1, -0.05) is 12.1 Å². The van der Waals surface area contributed by atoms with Gasteiger partial charge < -0.3 is 24.8 Å². The summed E-state index contributed by atoms with van der Waals surface area (Å²) in [7, 11) is 4.12. The molecule has 0 saturated carbocycles. The van der Waals surface area contributed by atoms with E-state index < -0.39 is 6.43 Å². The number of hydrogen-bond acceptors (Lipinski definition) is 9. The van der Waals surface area contributed by atoms with Crippen molar-refractivity contribution in [2.45, 2.75) is 31.7 Å². The summed E-state index contributed by atoms with van der Waals surface area (Å²) in [5, 5.41) is 3.43. The van der Waals surface area contributed by atoms with Gasteiger partial charge in [0.1, 0.15) is 0 Å². The van der Waals surface area contributed by atoms with Crippen LogP contribution in [0.5, 0.6) is 0 Å². The van der Waals surface area contributed by atoms with E-state index in [4.69, 9.17) is 19.7 Å². The topological polar surface area (TPSA) is 87.5 Å². The molecule has 37 heavy (non-hydrogen) atoms. The summed E-state index contributed by atoms with van der Waals surface area (Å²) >= 11 is 0. The van der Waals surface area contributed by atoms with Crippen molar-refractivity contribution in [2.75, 3.05) is 76.4 Å². The summed E-state index contributed by atoms with van der Waals surface area (Å²) in [4.78, 5) is 25.1. The number of halogens is 2. The van der Waals surface area contributed by atoms with Crippen LogP contribution >= 0.6 is 0 Å². The fourth-order valence-corrected chi connectivity index (χ4v) is 5.00. The van der Waals surface area contributed by atoms with Crippen molar-refractivity contribution in [3.8, 4) is 5.95 Å². The summed E-state index contributed by atoms with van der Waals surface area (Å²) in [6.07, 6.45) is 0.0828. The number of imidazole rings is 1. The molecule has 2 saturated heterocycles. The van der Waals surface area contributed by atoms with Crippen LogP contribution in [-0.4, -0.2) is 102 Å². The van der Waals surface area contributed by atoms with Gasteiger partial charge in [-0.2, -0.15) is 15.0 Å². The maximum atomic E-state index is 14.2. The zero-order chi connectivity index (χ0) is 25.8. The van der Waals surface area contributed by atoms with Gasteiger partial charge in [0.2, 0.25) is 17.8 Å². The molecular weight excluding hydrogens is 480 g/mol. The molecule has 10 nitrogen and oxygen atoms in total. The maximum absolute atomic E-state index is 14.2. The van der Waals surface area contributed by atoms with Crippen LogP contribution in [0.1, 0.15) is 31.5 Å². The monoisotopic (exact) mass is 515 g/mol. The Balaban J connectivity index is 1.63. The van der Waals surface area contributed by atoms with E-state index in [-0.39, 0.29) is 17.8 Å². The number of nitrogens with one attached hydrogen (secondary N) is 1. The zero-order valence-corrected chi connectivity index (χ0v) is 21.5. The molecule has 1 aromatic carbocycles. The second-order valence-corrected chi connectivity index (χ2v) is 9.76. The van der Waals surface area contributed by atoms with Gasteiger partial charge in [0.25, 0.3) is 6.43 Å².